The van der Waals surface area contributed by atoms with Crippen LogP contribution in [0.1, 0.15) is 19.4 Å². The Morgan fingerprint density at radius 2 is 1.94 bits per heavy atom. The van der Waals surface area contributed by atoms with E-state index in [1.165, 1.54) is 5.56 Å². The van der Waals surface area contributed by atoms with E-state index in [1.807, 2.05) is 50.2 Å². The zero-order valence-electron chi connectivity index (χ0n) is 10.8. The van der Waals surface area contributed by atoms with E-state index < -0.39 is 0 Å². The zero-order valence-corrected chi connectivity index (χ0v) is 10.8. The van der Waals surface area contributed by atoms with Gasteiger partial charge in [-0.3, -0.25) is 4.98 Å². The van der Waals surface area contributed by atoms with E-state index in [4.69, 9.17) is 4.74 Å². The lowest BCUT2D eigenvalue weighted by Crippen LogP contribution is -2.06. The Balaban J connectivity index is 1.97. The third kappa shape index (κ3) is 3.77. The van der Waals surface area contributed by atoms with Crippen molar-refractivity contribution in [2.24, 2.45) is 0 Å². The number of hydrogen-bond acceptors (Lipinski definition) is 3. The van der Waals surface area contributed by atoms with Crippen LogP contribution in [0.15, 0.2) is 48.8 Å². The highest BCUT2D eigenvalue weighted by Gasteiger charge is 1.99. The molecule has 0 bridgehead atoms. The predicted molar refractivity (Wildman–Crippen MR) is 73.8 cm³/mol. The fourth-order valence-corrected chi connectivity index (χ4v) is 1.66. The molecule has 1 heterocycles. The maximum Gasteiger partial charge on any atom is 0.121 e. The van der Waals surface area contributed by atoms with Crippen LogP contribution in [-0.2, 0) is 6.54 Å². The summed E-state index contributed by atoms with van der Waals surface area (Å²) in [6.07, 6.45) is 3.80. The molecule has 0 aliphatic rings. The molecule has 0 amide bonds. The van der Waals surface area contributed by atoms with Crippen LogP contribution in [0.4, 0.5) is 5.69 Å². The number of benzene rings is 1. The molecule has 3 nitrogen and oxygen atoms in total. The van der Waals surface area contributed by atoms with Gasteiger partial charge in [-0.2, -0.15) is 0 Å². The smallest absolute Gasteiger partial charge is 0.121 e. The van der Waals surface area contributed by atoms with Crippen molar-refractivity contribution in [1.82, 2.24) is 4.98 Å². The lowest BCUT2D eigenvalue weighted by molar-refractivity contribution is 0.242. The number of nitrogens with one attached hydrogen (secondary N) is 1. The van der Waals surface area contributed by atoms with E-state index in [1.54, 1.807) is 12.4 Å². The first-order valence-electron chi connectivity index (χ1n) is 6.13. The summed E-state index contributed by atoms with van der Waals surface area (Å²) >= 11 is 0. The molecule has 3 heteroatoms. The third-order valence-corrected chi connectivity index (χ3v) is 2.45. The maximum atomic E-state index is 5.66. The quantitative estimate of drug-likeness (QED) is 0.871. The van der Waals surface area contributed by atoms with Gasteiger partial charge in [-0.25, -0.2) is 0 Å². The molecule has 2 aromatic rings. The average molecular weight is 242 g/mol. The van der Waals surface area contributed by atoms with Crippen molar-refractivity contribution >= 4 is 5.69 Å². The van der Waals surface area contributed by atoms with Gasteiger partial charge in [-0.15, -0.1) is 0 Å². The first-order valence-corrected chi connectivity index (χ1v) is 6.13. The predicted octanol–water partition coefficient (Wildman–Crippen LogP) is 3.48. The van der Waals surface area contributed by atoms with Crippen LogP contribution in [0.5, 0.6) is 5.75 Å². The van der Waals surface area contributed by atoms with Crippen LogP contribution in [-0.4, -0.2) is 11.1 Å². The number of nitrogens with zero attached hydrogens (tertiary/aromatic N) is 1. The lowest BCUT2D eigenvalue weighted by atomic mass is 10.2. The molecule has 0 unspecified atom stereocenters. The summed E-state index contributed by atoms with van der Waals surface area (Å²) in [5.41, 5.74) is 2.27. The number of aromatic nitrogens is 1. The Morgan fingerprint density at radius 1 is 1.17 bits per heavy atom. The standard InChI is InChI=1S/C15H18N2O/c1-12(2)18-15-5-3-4-14(10-15)17-11-13-6-8-16-9-7-13/h3-10,12,17H,11H2,1-2H3. The van der Waals surface area contributed by atoms with Crippen molar-refractivity contribution in [3.63, 3.8) is 0 Å². The summed E-state index contributed by atoms with van der Waals surface area (Å²) in [7, 11) is 0. The largest absolute Gasteiger partial charge is 0.491 e. The average Bonchev–Trinajstić information content (AvgIpc) is 2.37. The van der Waals surface area contributed by atoms with Gasteiger partial charge in [-0.05, 0) is 43.7 Å². The molecule has 0 saturated carbocycles. The number of hydrogen-bond donors (Lipinski definition) is 1. The van der Waals surface area contributed by atoms with Crippen molar-refractivity contribution < 1.29 is 4.74 Å². The van der Waals surface area contributed by atoms with Crippen LogP contribution in [0, 0.1) is 0 Å². The van der Waals surface area contributed by atoms with E-state index in [-0.39, 0.29) is 6.10 Å². The molecule has 0 aliphatic carbocycles. The molecule has 2 rings (SSSR count). The van der Waals surface area contributed by atoms with Crippen molar-refractivity contribution in [1.29, 1.82) is 0 Å². The Labute approximate surface area is 108 Å². The summed E-state index contributed by atoms with van der Waals surface area (Å²) in [6.45, 7) is 4.84. The van der Waals surface area contributed by atoms with Crippen molar-refractivity contribution in [3.8, 4) is 5.75 Å². The van der Waals surface area contributed by atoms with E-state index in [0.29, 0.717) is 0 Å². The van der Waals surface area contributed by atoms with Crippen LogP contribution >= 0.6 is 0 Å². The minimum absolute atomic E-state index is 0.195. The number of pyridine rings is 1. The second kappa shape index (κ2) is 6.05. The van der Waals surface area contributed by atoms with Gasteiger partial charge in [-0.1, -0.05) is 6.07 Å². The molecular weight excluding hydrogens is 224 g/mol. The van der Waals surface area contributed by atoms with E-state index in [9.17, 15) is 0 Å². The van der Waals surface area contributed by atoms with Crippen LogP contribution in [0.2, 0.25) is 0 Å². The summed E-state index contributed by atoms with van der Waals surface area (Å²) in [5.74, 6) is 0.893. The minimum Gasteiger partial charge on any atom is -0.491 e. The summed E-state index contributed by atoms with van der Waals surface area (Å²) in [4.78, 5) is 4.00. The van der Waals surface area contributed by atoms with Gasteiger partial charge in [0.25, 0.3) is 0 Å². The SMILES string of the molecule is CC(C)Oc1cccc(NCc2ccncc2)c1. The Bertz CT molecular complexity index is 483. The summed E-state index contributed by atoms with van der Waals surface area (Å²) < 4.78 is 5.66. The van der Waals surface area contributed by atoms with E-state index >= 15 is 0 Å². The fourth-order valence-electron chi connectivity index (χ4n) is 1.66. The lowest BCUT2D eigenvalue weighted by Gasteiger charge is -2.12. The molecule has 0 aliphatic heterocycles. The van der Waals surface area contributed by atoms with Crippen molar-refractivity contribution in [2.45, 2.75) is 26.5 Å². The summed E-state index contributed by atoms with van der Waals surface area (Å²) in [5, 5.41) is 3.37. The van der Waals surface area contributed by atoms with Crippen LogP contribution in [0.3, 0.4) is 0 Å². The van der Waals surface area contributed by atoms with Crippen LogP contribution in [0.25, 0.3) is 0 Å². The monoisotopic (exact) mass is 242 g/mol. The number of rotatable bonds is 5. The topological polar surface area (TPSA) is 34.1 Å². The zero-order chi connectivity index (χ0) is 12.8. The van der Waals surface area contributed by atoms with E-state index in [0.717, 1.165) is 18.0 Å². The Kier molecular flexibility index (Phi) is 4.18. The van der Waals surface area contributed by atoms with Crippen LogP contribution < -0.4 is 10.1 Å². The Hall–Kier alpha value is -2.03. The normalized spacial score (nSPS) is 10.4. The summed E-state index contributed by atoms with van der Waals surface area (Å²) in [6, 6.07) is 12.0. The van der Waals surface area contributed by atoms with Gasteiger partial charge in [0.15, 0.2) is 0 Å². The number of anilines is 1. The molecule has 0 fully saturated rings. The molecule has 1 N–H and O–H groups in total. The Morgan fingerprint density at radius 3 is 2.67 bits per heavy atom. The highest BCUT2D eigenvalue weighted by atomic mass is 16.5. The molecule has 1 aromatic carbocycles. The fraction of sp³-hybridized carbons (Fsp3) is 0.267. The van der Waals surface area contributed by atoms with Gasteiger partial charge < -0.3 is 10.1 Å². The van der Waals surface area contributed by atoms with Gasteiger partial charge in [0.1, 0.15) is 5.75 Å². The molecule has 0 saturated heterocycles. The molecule has 0 radical (unpaired) electrons. The van der Waals surface area contributed by atoms with Gasteiger partial charge in [0.05, 0.1) is 6.10 Å². The first-order chi connectivity index (χ1) is 8.74. The van der Waals surface area contributed by atoms with Gasteiger partial charge in [0.2, 0.25) is 0 Å². The third-order valence-electron chi connectivity index (χ3n) is 2.45. The second-order valence-corrected chi connectivity index (χ2v) is 4.40. The molecule has 1 aromatic heterocycles. The maximum absolute atomic E-state index is 5.66. The molecule has 18 heavy (non-hydrogen) atoms. The van der Waals surface area contributed by atoms with Crippen molar-refractivity contribution in [3.05, 3.63) is 54.4 Å². The molecular formula is C15H18N2O. The van der Waals surface area contributed by atoms with Gasteiger partial charge in [0, 0.05) is 30.7 Å². The highest BCUT2D eigenvalue weighted by molar-refractivity contribution is 5.48. The van der Waals surface area contributed by atoms with Gasteiger partial charge >= 0.3 is 0 Å². The molecule has 0 atom stereocenters. The first kappa shape index (κ1) is 12.4. The van der Waals surface area contributed by atoms with Crippen molar-refractivity contribution in [2.75, 3.05) is 5.32 Å². The molecule has 94 valence electrons. The number of ether oxygens (including phenoxy) is 1. The van der Waals surface area contributed by atoms with E-state index in [2.05, 4.69) is 10.3 Å². The second-order valence-electron chi connectivity index (χ2n) is 4.40. The highest BCUT2D eigenvalue weighted by Crippen LogP contribution is 2.19. The molecule has 0 spiro atoms. The minimum atomic E-state index is 0.195.